The van der Waals surface area contributed by atoms with Crippen LogP contribution in [-0.2, 0) is 0 Å². The van der Waals surface area contributed by atoms with Gasteiger partial charge in [-0.2, -0.15) is 5.26 Å². The second-order valence-electron chi connectivity index (χ2n) is 6.99. The second kappa shape index (κ2) is 8.50. The lowest BCUT2D eigenvalue weighted by Gasteiger charge is -2.03. The highest BCUT2D eigenvalue weighted by Gasteiger charge is 2.14. The number of hydrogen-bond donors (Lipinski definition) is 1. The van der Waals surface area contributed by atoms with Gasteiger partial charge in [0.15, 0.2) is 0 Å². The number of nitrogens with one attached hydrogen (secondary N) is 1. The maximum Gasteiger partial charge on any atom is 0.345 e. The van der Waals surface area contributed by atoms with Gasteiger partial charge in [0.25, 0.3) is 0 Å². The number of aromatic nitrogens is 1. The molecule has 1 N–H and O–H groups in total. The highest BCUT2D eigenvalue weighted by atomic mass is 79.9. The summed E-state index contributed by atoms with van der Waals surface area (Å²) >= 11 is 4.67. The molecule has 7 nitrogen and oxygen atoms in total. The summed E-state index contributed by atoms with van der Waals surface area (Å²) in [4.78, 5) is 28.3. The normalized spacial score (nSPS) is 11.6. The van der Waals surface area contributed by atoms with Crippen molar-refractivity contribution in [3.8, 4) is 17.3 Å². The Hall–Kier alpha value is -4.00. The van der Waals surface area contributed by atoms with Crippen molar-refractivity contribution in [2.24, 2.45) is 0 Å². The number of rotatable bonds is 4. The van der Waals surface area contributed by atoms with Gasteiger partial charge in [0.2, 0.25) is 0 Å². The van der Waals surface area contributed by atoms with E-state index < -0.39 is 11.3 Å². The highest BCUT2D eigenvalue weighted by molar-refractivity contribution is 9.10. The summed E-state index contributed by atoms with van der Waals surface area (Å²) in [6, 6.07) is 17.5. The molecule has 33 heavy (non-hydrogen) atoms. The number of halogens is 1. The van der Waals surface area contributed by atoms with E-state index in [-0.39, 0.29) is 0 Å². The monoisotopic (exact) mass is 517 g/mol. The summed E-state index contributed by atoms with van der Waals surface area (Å²) in [7, 11) is 0. The predicted octanol–water partition coefficient (Wildman–Crippen LogP) is 5.76. The molecule has 0 fully saturated rings. The van der Waals surface area contributed by atoms with Gasteiger partial charge < -0.3 is 14.2 Å². The van der Waals surface area contributed by atoms with Crippen LogP contribution >= 0.6 is 27.3 Å². The van der Waals surface area contributed by atoms with E-state index in [2.05, 4.69) is 32.3 Å². The lowest BCUT2D eigenvalue weighted by molar-refractivity contribution is 0.561. The van der Waals surface area contributed by atoms with Gasteiger partial charge in [0.05, 0.1) is 11.3 Å². The molecule has 3 heterocycles. The van der Waals surface area contributed by atoms with Crippen LogP contribution in [0.25, 0.3) is 38.8 Å². The van der Waals surface area contributed by atoms with E-state index in [0.29, 0.717) is 38.7 Å². The third-order valence-corrected chi connectivity index (χ3v) is 6.20. The molecule has 3 aromatic heterocycles. The third-order valence-electron chi connectivity index (χ3n) is 4.83. The fourth-order valence-corrected chi connectivity index (χ4v) is 4.42. The van der Waals surface area contributed by atoms with Crippen molar-refractivity contribution in [2.75, 3.05) is 5.32 Å². The first-order valence-electron chi connectivity index (χ1n) is 9.60. The zero-order chi connectivity index (χ0) is 22.9. The second-order valence-corrected chi connectivity index (χ2v) is 8.76. The van der Waals surface area contributed by atoms with Crippen LogP contribution in [0.15, 0.2) is 89.1 Å². The van der Waals surface area contributed by atoms with Crippen molar-refractivity contribution in [1.82, 2.24) is 4.98 Å². The Morgan fingerprint density at radius 2 is 1.85 bits per heavy atom. The number of benzene rings is 2. The predicted molar refractivity (Wildman–Crippen MR) is 131 cm³/mol. The lowest BCUT2D eigenvalue weighted by Crippen LogP contribution is -2.03. The molecule has 0 aliphatic heterocycles. The maximum absolute atomic E-state index is 12.5. The first-order chi connectivity index (χ1) is 16.0. The van der Waals surface area contributed by atoms with Crippen molar-refractivity contribution >= 4 is 60.5 Å². The molecular formula is C24H12BrN3O4S. The smallest absolute Gasteiger partial charge is 0.345 e. The van der Waals surface area contributed by atoms with Crippen LogP contribution in [0.4, 0.5) is 5.69 Å². The van der Waals surface area contributed by atoms with Gasteiger partial charge >= 0.3 is 11.3 Å². The standard InChI is InChI=1S/C24H12BrN3O4S/c25-16-2-4-21-14(7-16)9-18(24(30)32-21)19-12-33-23(28-19)15(10-26)11-27-17-3-5-20-13(8-17)1-6-22(29)31-20/h1-9,11-12,27H/b15-11+. The molecule has 0 saturated heterocycles. The minimum Gasteiger partial charge on any atom is -0.423 e. The van der Waals surface area contributed by atoms with Crippen molar-refractivity contribution in [2.45, 2.75) is 0 Å². The summed E-state index contributed by atoms with van der Waals surface area (Å²) in [6.07, 6.45) is 1.54. The Morgan fingerprint density at radius 3 is 2.70 bits per heavy atom. The highest BCUT2D eigenvalue weighted by Crippen LogP contribution is 2.28. The van der Waals surface area contributed by atoms with Crippen LogP contribution in [0.1, 0.15) is 5.01 Å². The molecule has 0 aliphatic rings. The van der Waals surface area contributed by atoms with E-state index in [1.54, 1.807) is 54.0 Å². The molecule has 0 radical (unpaired) electrons. The van der Waals surface area contributed by atoms with Crippen LogP contribution in [0, 0.1) is 11.3 Å². The van der Waals surface area contributed by atoms with Crippen LogP contribution in [0.2, 0.25) is 0 Å². The van der Waals surface area contributed by atoms with Crippen molar-refractivity contribution in [3.05, 3.63) is 96.5 Å². The van der Waals surface area contributed by atoms with Crippen LogP contribution in [0.5, 0.6) is 0 Å². The maximum atomic E-state index is 12.5. The van der Waals surface area contributed by atoms with Gasteiger partial charge in [0, 0.05) is 38.6 Å². The number of anilines is 1. The average molecular weight is 518 g/mol. The van der Waals surface area contributed by atoms with Crippen LogP contribution in [-0.4, -0.2) is 4.98 Å². The van der Waals surface area contributed by atoms with Gasteiger partial charge in [-0.05, 0) is 48.5 Å². The Bertz CT molecular complexity index is 1730. The van der Waals surface area contributed by atoms with E-state index in [1.165, 1.54) is 17.4 Å². The first kappa shape index (κ1) is 20.9. The molecule has 0 unspecified atom stereocenters. The largest absolute Gasteiger partial charge is 0.423 e. The molecular weight excluding hydrogens is 506 g/mol. The van der Waals surface area contributed by atoms with E-state index in [1.807, 2.05) is 6.07 Å². The minimum atomic E-state index is -0.495. The molecule has 0 atom stereocenters. The summed E-state index contributed by atoms with van der Waals surface area (Å²) in [5.74, 6) is 0. The zero-order valence-electron chi connectivity index (χ0n) is 16.7. The van der Waals surface area contributed by atoms with E-state index in [4.69, 9.17) is 8.83 Å². The Labute approximate surface area is 198 Å². The molecule has 0 amide bonds. The molecule has 5 aromatic rings. The zero-order valence-corrected chi connectivity index (χ0v) is 19.1. The van der Waals surface area contributed by atoms with E-state index in [0.717, 1.165) is 15.2 Å². The Kier molecular flexibility index (Phi) is 5.38. The Balaban J connectivity index is 1.45. The molecule has 0 bridgehead atoms. The molecule has 0 aliphatic carbocycles. The summed E-state index contributed by atoms with van der Waals surface area (Å²) in [6.45, 7) is 0. The molecule has 0 spiro atoms. The molecule has 9 heteroatoms. The number of hydrogen-bond acceptors (Lipinski definition) is 8. The molecule has 160 valence electrons. The van der Waals surface area contributed by atoms with Crippen molar-refractivity contribution in [1.29, 1.82) is 5.26 Å². The summed E-state index contributed by atoms with van der Waals surface area (Å²) in [5.41, 5.74) is 1.83. The van der Waals surface area contributed by atoms with Crippen molar-refractivity contribution in [3.63, 3.8) is 0 Å². The van der Waals surface area contributed by atoms with Gasteiger partial charge in [-0.3, -0.25) is 0 Å². The topological polar surface area (TPSA) is 109 Å². The lowest BCUT2D eigenvalue weighted by atomic mass is 10.1. The van der Waals surface area contributed by atoms with Gasteiger partial charge in [-0.15, -0.1) is 11.3 Å². The van der Waals surface area contributed by atoms with Crippen LogP contribution < -0.4 is 16.6 Å². The summed E-state index contributed by atoms with van der Waals surface area (Å²) in [5, 5.41) is 16.4. The van der Waals surface area contributed by atoms with E-state index >= 15 is 0 Å². The van der Waals surface area contributed by atoms with Gasteiger partial charge in [0.1, 0.15) is 27.8 Å². The third kappa shape index (κ3) is 4.22. The Morgan fingerprint density at radius 1 is 1.03 bits per heavy atom. The van der Waals surface area contributed by atoms with Crippen LogP contribution in [0.3, 0.4) is 0 Å². The number of allylic oxidation sites excluding steroid dienone is 1. The molecule has 5 rings (SSSR count). The number of thiazole rings is 1. The van der Waals surface area contributed by atoms with Gasteiger partial charge in [-0.25, -0.2) is 14.6 Å². The molecule has 2 aromatic carbocycles. The fourth-order valence-electron chi connectivity index (χ4n) is 3.25. The minimum absolute atomic E-state index is 0.305. The van der Waals surface area contributed by atoms with Gasteiger partial charge in [-0.1, -0.05) is 15.9 Å². The first-order valence-corrected chi connectivity index (χ1v) is 11.3. The number of fused-ring (bicyclic) bond motifs is 2. The quantitative estimate of drug-likeness (QED) is 0.238. The van der Waals surface area contributed by atoms with Crippen molar-refractivity contribution < 1.29 is 8.83 Å². The fraction of sp³-hybridized carbons (Fsp3) is 0. The number of nitrogens with zero attached hydrogens (tertiary/aromatic N) is 2. The summed E-state index contributed by atoms with van der Waals surface area (Å²) < 4.78 is 11.4. The molecule has 0 saturated carbocycles. The average Bonchev–Trinajstić information content (AvgIpc) is 3.29. The SMILES string of the molecule is N#C/C(=C\Nc1ccc2oc(=O)ccc2c1)c1nc(-c2cc3cc(Br)ccc3oc2=O)cs1. The number of nitriles is 1. The van der Waals surface area contributed by atoms with E-state index in [9.17, 15) is 14.9 Å².